The number of likely N-dealkylation sites (N-methyl/N-ethyl adjacent to an activating group) is 1. The van der Waals surface area contributed by atoms with Crippen molar-refractivity contribution in [2.24, 2.45) is 11.8 Å². The molecule has 0 saturated heterocycles. The van der Waals surface area contributed by atoms with Crippen molar-refractivity contribution in [3.05, 3.63) is 29.8 Å². The highest BCUT2D eigenvalue weighted by Crippen LogP contribution is 2.38. The second kappa shape index (κ2) is 8.11. The van der Waals surface area contributed by atoms with Gasteiger partial charge < -0.3 is 16.0 Å². The molecule has 0 aromatic heterocycles. The van der Waals surface area contributed by atoms with Crippen LogP contribution in [-0.4, -0.2) is 29.8 Å². The Hall–Kier alpha value is -2.37. The molecule has 2 fully saturated rings. The predicted molar refractivity (Wildman–Crippen MR) is 104 cm³/mol. The molecule has 2 saturated carbocycles. The summed E-state index contributed by atoms with van der Waals surface area (Å²) in [6.45, 7) is 4.47. The maximum atomic E-state index is 12.9. The molecule has 146 valence electrons. The number of amides is 3. The molecule has 0 bridgehead atoms. The third-order valence-corrected chi connectivity index (χ3v) is 5.67. The lowest BCUT2D eigenvalue weighted by Gasteiger charge is -2.36. The van der Waals surface area contributed by atoms with E-state index in [-0.39, 0.29) is 23.6 Å². The molecule has 3 N–H and O–H groups in total. The summed E-state index contributed by atoms with van der Waals surface area (Å²) >= 11 is 0. The van der Waals surface area contributed by atoms with Crippen LogP contribution in [0.1, 0.15) is 62.7 Å². The summed E-state index contributed by atoms with van der Waals surface area (Å²) in [5.41, 5.74) is 0.224. The Morgan fingerprint density at radius 1 is 1.15 bits per heavy atom. The van der Waals surface area contributed by atoms with E-state index in [0.29, 0.717) is 36.6 Å². The fourth-order valence-corrected chi connectivity index (χ4v) is 3.84. The molecule has 3 amide bonds. The van der Waals surface area contributed by atoms with Crippen molar-refractivity contribution in [3.8, 4) is 0 Å². The Balaban J connectivity index is 1.71. The maximum absolute atomic E-state index is 12.9. The number of hydrogen-bond acceptors (Lipinski definition) is 3. The summed E-state index contributed by atoms with van der Waals surface area (Å²) in [6, 6.07) is 6.91. The lowest BCUT2D eigenvalue weighted by atomic mass is 9.80. The van der Waals surface area contributed by atoms with Crippen molar-refractivity contribution in [1.29, 1.82) is 0 Å². The van der Waals surface area contributed by atoms with Crippen molar-refractivity contribution in [3.63, 3.8) is 0 Å². The smallest absolute Gasteiger partial charge is 0.252 e. The van der Waals surface area contributed by atoms with Crippen LogP contribution in [0.3, 0.4) is 0 Å². The number of carbonyl (C=O) groups is 3. The zero-order chi connectivity index (χ0) is 19.4. The van der Waals surface area contributed by atoms with E-state index >= 15 is 0 Å². The van der Waals surface area contributed by atoms with E-state index in [1.165, 1.54) is 0 Å². The van der Waals surface area contributed by atoms with Crippen molar-refractivity contribution < 1.29 is 14.4 Å². The minimum Gasteiger partial charge on any atom is -0.354 e. The number of nitrogens with one attached hydrogen (secondary N) is 3. The van der Waals surface area contributed by atoms with Crippen LogP contribution in [0, 0.1) is 11.8 Å². The highest BCUT2D eigenvalue weighted by Gasteiger charge is 2.41. The zero-order valence-corrected chi connectivity index (χ0v) is 16.1. The van der Waals surface area contributed by atoms with Crippen LogP contribution in [0.25, 0.3) is 0 Å². The topological polar surface area (TPSA) is 87.3 Å². The van der Waals surface area contributed by atoms with Gasteiger partial charge in [0.15, 0.2) is 0 Å². The van der Waals surface area contributed by atoms with E-state index in [0.717, 1.165) is 25.7 Å². The Labute approximate surface area is 160 Å². The van der Waals surface area contributed by atoms with Crippen molar-refractivity contribution in [2.45, 2.75) is 57.9 Å². The second-order valence-electron chi connectivity index (χ2n) is 7.85. The van der Waals surface area contributed by atoms with Crippen LogP contribution in [-0.2, 0) is 9.59 Å². The molecule has 27 heavy (non-hydrogen) atoms. The quantitative estimate of drug-likeness (QED) is 0.718. The first-order valence-electron chi connectivity index (χ1n) is 9.97. The molecule has 1 aromatic carbocycles. The van der Waals surface area contributed by atoms with E-state index < -0.39 is 5.54 Å². The Bertz CT molecular complexity index is 725. The van der Waals surface area contributed by atoms with E-state index in [1.807, 2.05) is 6.92 Å². The van der Waals surface area contributed by atoms with Gasteiger partial charge >= 0.3 is 0 Å². The summed E-state index contributed by atoms with van der Waals surface area (Å²) in [5, 5.41) is 8.74. The second-order valence-corrected chi connectivity index (χ2v) is 7.85. The van der Waals surface area contributed by atoms with Crippen LogP contribution < -0.4 is 16.0 Å². The summed E-state index contributed by atoms with van der Waals surface area (Å²) in [6.07, 6.45) is 5.15. The lowest BCUT2D eigenvalue weighted by molar-refractivity contribution is -0.128. The summed E-state index contributed by atoms with van der Waals surface area (Å²) in [4.78, 5) is 37.6. The summed E-state index contributed by atoms with van der Waals surface area (Å²) < 4.78 is 0. The van der Waals surface area contributed by atoms with Gasteiger partial charge in [-0.3, -0.25) is 14.4 Å². The Morgan fingerprint density at radius 2 is 1.85 bits per heavy atom. The van der Waals surface area contributed by atoms with Gasteiger partial charge in [0.2, 0.25) is 11.8 Å². The Morgan fingerprint density at radius 3 is 2.48 bits per heavy atom. The number of benzene rings is 1. The number of rotatable bonds is 6. The van der Waals surface area contributed by atoms with Crippen LogP contribution in [0.15, 0.2) is 24.3 Å². The molecule has 1 aromatic rings. The highest BCUT2D eigenvalue weighted by molar-refractivity contribution is 6.01. The molecule has 2 aliphatic rings. The molecule has 6 nitrogen and oxygen atoms in total. The normalized spacial score (nSPS) is 23.2. The van der Waals surface area contributed by atoms with Gasteiger partial charge in [-0.25, -0.2) is 0 Å². The molecule has 0 spiro atoms. The standard InChI is InChI=1S/C21H29N3O3/c1-3-22-20(27)21(10-5-4-6-11-21)24-18(25)15-8-7-9-16(13-15)23-19(26)17-12-14(17)2/h7-9,13-14,17H,3-6,10-12H2,1-2H3,(H,22,27)(H,23,26)(H,24,25)/t14-,17-/m1/s1. The molecule has 2 atom stereocenters. The van der Waals surface area contributed by atoms with Crippen LogP contribution in [0.2, 0.25) is 0 Å². The monoisotopic (exact) mass is 371 g/mol. The highest BCUT2D eigenvalue weighted by atomic mass is 16.2. The molecule has 2 aliphatic carbocycles. The first-order valence-corrected chi connectivity index (χ1v) is 9.97. The third-order valence-electron chi connectivity index (χ3n) is 5.67. The average molecular weight is 371 g/mol. The molecular formula is C21H29N3O3. The molecular weight excluding hydrogens is 342 g/mol. The van der Waals surface area contributed by atoms with E-state index in [4.69, 9.17) is 0 Å². The van der Waals surface area contributed by atoms with Gasteiger partial charge in [0.1, 0.15) is 5.54 Å². The van der Waals surface area contributed by atoms with Gasteiger partial charge in [0, 0.05) is 23.7 Å². The van der Waals surface area contributed by atoms with Crippen molar-refractivity contribution in [1.82, 2.24) is 10.6 Å². The zero-order valence-electron chi connectivity index (χ0n) is 16.1. The Kier molecular flexibility index (Phi) is 5.82. The maximum Gasteiger partial charge on any atom is 0.252 e. The summed E-state index contributed by atoms with van der Waals surface area (Å²) in [7, 11) is 0. The number of carbonyl (C=O) groups excluding carboxylic acids is 3. The fourth-order valence-electron chi connectivity index (χ4n) is 3.84. The largest absolute Gasteiger partial charge is 0.354 e. The van der Waals surface area contributed by atoms with Crippen molar-refractivity contribution >= 4 is 23.4 Å². The molecule has 0 aliphatic heterocycles. The molecule has 6 heteroatoms. The van der Waals surface area contributed by atoms with E-state index in [2.05, 4.69) is 22.9 Å². The summed E-state index contributed by atoms with van der Waals surface area (Å²) in [5.74, 6) is 0.126. The molecule has 0 radical (unpaired) electrons. The average Bonchev–Trinajstić information content (AvgIpc) is 3.40. The minimum absolute atomic E-state index is 0.00568. The van der Waals surface area contributed by atoms with Gasteiger partial charge in [-0.2, -0.15) is 0 Å². The van der Waals surface area contributed by atoms with Gasteiger partial charge in [-0.15, -0.1) is 0 Å². The van der Waals surface area contributed by atoms with Gasteiger partial charge in [0.05, 0.1) is 0 Å². The first-order chi connectivity index (χ1) is 12.9. The molecule has 0 unspecified atom stereocenters. The van der Waals surface area contributed by atoms with Crippen molar-refractivity contribution in [2.75, 3.05) is 11.9 Å². The van der Waals surface area contributed by atoms with E-state index in [1.54, 1.807) is 24.3 Å². The minimum atomic E-state index is -0.839. The van der Waals surface area contributed by atoms with Gasteiger partial charge in [-0.05, 0) is 50.3 Å². The third kappa shape index (κ3) is 4.49. The number of anilines is 1. The molecule has 3 rings (SSSR count). The lowest BCUT2D eigenvalue weighted by Crippen LogP contribution is -2.59. The SMILES string of the molecule is CCNC(=O)C1(NC(=O)c2cccc(NC(=O)[C@@H]3C[C@H]3C)c2)CCCCC1. The van der Waals surface area contributed by atoms with Gasteiger partial charge in [0.25, 0.3) is 5.91 Å². The van der Waals surface area contributed by atoms with Gasteiger partial charge in [-0.1, -0.05) is 32.3 Å². The van der Waals surface area contributed by atoms with Crippen LogP contribution in [0.4, 0.5) is 5.69 Å². The van der Waals surface area contributed by atoms with Crippen LogP contribution in [0.5, 0.6) is 0 Å². The molecule has 0 heterocycles. The van der Waals surface area contributed by atoms with Crippen LogP contribution >= 0.6 is 0 Å². The fraction of sp³-hybridized carbons (Fsp3) is 0.571. The number of hydrogen-bond donors (Lipinski definition) is 3. The van der Waals surface area contributed by atoms with E-state index in [9.17, 15) is 14.4 Å². The predicted octanol–water partition coefficient (Wildman–Crippen LogP) is 2.85. The first kappa shape index (κ1) is 19.4.